The number of rotatable bonds is 5. The highest BCUT2D eigenvalue weighted by Crippen LogP contribution is 2.33. The van der Waals surface area contributed by atoms with Crippen molar-refractivity contribution < 1.29 is 13.9 Å². The molecular formula is C16H17BrFNO2. The lowest BCUT2D eigenvalue weighted by atomic mass is 10.1. The molecule has 0 aromatic heterocycles. The normalized spacial score (nSPS) is 10.3. The van der Waals surface area contributed by atoms with E-state index in [4.69, 9.17) is 9.47 Å². The number of methoxy groups -OCH3 is 2. The molecule has 2 aromatic carbocycles. The number of hydrogen-bond donors (Lipinski definition) is 1. The van der Waals surface area contributed by atoms with Crippen molar-refractivity contribution in [1.29, 1.82) is 0 Å². The van der Waals surface area contributed by atoms with Crippen molar-refractivity contribution in [2.24, 2.45) is 0 Å². The molecule has 0 aliphatic heterocycles. The quantitative estimate of drug-likeness (QED) is 0.856. The van der Waals surface area contributed by atoms with Gasteiger partial charge in [-0.15, -0.1) is 0 Å². The van der Waals surface area contributed by atoms with Crippen molar-refractivity contribution in [3.05, 3.63) is 51.7 Å². The zero-order valence-electron chi connectivity index (χ0n) is 12.2. The van der Waals surface area contributed by atoms with Gasteiger partial charge in [-0.2, -0.15) is 0 Å². The van der Waals surface area contributed by atoms with Crippen LogP contribution >= 0.6 is 15.9 Å². The summed E-state index contributed by atoms with van der Waals surface area (Å²) in [5.74, 6) is 1.11. The van der Waals surface area contributed by atoms with Gasteiger partial charge in [0.2, 0.25) is 0 Å². The molecule has 0 atom stereocenters. The van der Waals surface area contributed by atoms with Gasteiger partial charge in [-0.05, 0) is 52.2 Å². The van der Waals surface area contributed by atoms with Gasteiger partial charge < -0.3 is 14.8 Å². The van der Waals surface area contributed by atoms with Crippen LogP contribution in [-0.2, 0) is 6.54 Å². The minimum absolute atomic E-state index is 0.263. The maximum absolute atomic E-state index is 13.2. The first-order chi connectivity index (χ1) is 10.0. The molecule has 0 heterocycles. The van der Waals surface area contributed by atoms with Crippen molar-refractivity contribution in [2.45, 2.75) is 13.5 Å². The summed E-state index contributed by atoms with van der Waals surface area (Å²) in [7, 11) is 3.22. The predicted molar refractivity (Wildman–Crippen MR) is 85.7 cm³/mol. The third kappa shape index (κ3) is 3.67. The van der Waals surface area contributed by atoms with Crippen molar-refractivity contribution in [3.8, 4) is 11.5 Å². The Morgan fingerprint density at radius 2 is 1.76 bits per heavy atom. The van der Waals surface area contributed by atoms with Gasteiger partial charge in [0.25, 0.3) is 0 Å². The summed E-state index contributed by atoms with van der Waals surface area (Å²) >= 11 is 3.19. The largest absolute Gasteiger partial charge is 0.493 e. The van der Waals surface area contributed by atoms with Gasteiger partial charge in [-0.3, -0.25) is 0 Å². The highest BCUT2D eigenvalue weighted by atomic mass is 79.9. The van der Waals surface area contributed by atoms with E-state index in [0.29, 0.717) is 22.5 Å². The van der Waals surface area contributed by atoms with Crippen LogP contribution in [0.1, 0.15) is 11.1 Å². The summed E-state index contributed by atoms with van der Waals surface area (Å²) in [6.07, 6.45) is 0. The molecule has 0 saturated carbocycles. The van der Waals surface area contributed by atoms with E-state index in [2.05, 4.69) is 21.2 Å². The SMILES string of the molecule is COc1cc(C)c(NCc2ccc(F)c(Br)c2)cc1OC. The molecule has 0 aliphatic rings. The van der Waals surface area contributed by atoms with Crippen LogP contribution in [0.4, 0.5) is 10.1 Å². The van der Waals surface area contributed by atoms with E-state index < -0.39 is 0 Å². The summed E-state index contributed by atoms with van der Waals surface area (Å²) in [5, 5.41) is 3.32. The fourth-order valence-corrected chi connectivity index (χ4v) is 2.44. The number of nitrogens with one attached hydrogen (secondary N) is 1. The molecule has 2 rings (SSSR count). The summed E-state index contributed by atoms with van der Waals surface area (Å²) in [6.45, 7) is 2.58. The topological polar surface area (TPSA) is 30.5 Å². The van der Waals surface area contributed by atoms with Gasteiger partial charge in [-0.25, -0.2) is 4.39 Å². The van der Waals surface area contributed by atoms with Crippen molar-refractivity contribution >= 4 is 21.6 Å². The lowest BCUT2D eigenvalue weighted by molar-refractivity contribution is 0.355. The molecule has 0 saturated heterocycles. The van der Waals surface area contributed by atoms with E-state index in [-0.39, 0.29) is 5.82 Å². The Morgan fingerprint density at radius 3 is 2.38 bits per heavy atom. The highest BCUT2D eigenvalue weighted by Gasteiger charge is 2.08. The Bertz CT molecular complexity index is 646. The number of halogens is 2. The molecule has 21 heavy (non-hydrogen) atoms. The second kappa shape index (κ2) is 6.80. The smallest absolute Gasteiger partial charge is 0.162 e. The third-order valence-electron chi connectivity index (χ3n) is 3.20. The first-order valence-electron chi connectivity index (χ1n) is 6.45. The van der Waals surface area contributed by atoms with Crippen molar-refractivity contribution in [3.63, 3.8) is 0 Å². The molecule has 0 fully saturated rings. The van der Waals surface area contributed by atoms with Crippen LogP contribution in [0.25, 0.3) is 0 Å². The number of anilines is 1. The molecule has 2 aromatic rings. The highest BCUT2D eigenvalue weighted by molar-refractivity contribution is 9.10. The molecular weight excluding hydrogens is 337 g/mol. The van der Waals surface area contributed by atoms with Gasteiger partial charge in [0.1, 0.15) is 5.82 Å². The summed E-state index contributed by atoms with van der Waals surface area (Å²) in [6, 6.07) is 8.78. The Balaban J connectivity index is 2.17. The Morgan fingerprint density at radius 1 is 1.10 bits per heavy atom. The molecule has 5 heteroatoms. The van der Waals surface area contributed by atoms with E-state index in [1.54, 1.807) is 26.4 Å². The van der Waals surface area contributed by atoms with Gasteiger partial charge in [0.15, 0.2) is 11.5 Å². The standard InChI is InChI=1S/C16H17BrFNO2/c1-10-6-15(20-2)16(21-3)8-14(10)19-9-11-4-5-13(18)12(17)7-11/h4-8,19H,9H2,1-3H3. The van der Waals surface area contributed by atoms with Crippen LogP contribution in [0.3, 0.4) is 0 Å². The summed E-state index contributed by atoms with van der Waals surface area (Å²) in [4.78, 5) is 0. The van der Waals surface area contributed by atoms with Crippen LogP contribution in [0.2, 0.25) is 0 Å². The molecule has 0 spiro atoms. The first-order valence-corrected chi connectivity index (χ1v) is 7.25. The molecule has 0 unspecified atom stereocenters. The fraction of sp³-hybridized carbons (Fsp3) is 0.250. The average molecular weight is 354 g/mol. The van der Waals surface area contributed by atoms with Gasteiger partial charge in [0.05, 0.1) is 18.7 Å². The minimum atomic E-state index is -0.263. The van der Waals surface area contributed by atoms with Crippen LogP contribution in [-0.4, -0.2) is 14.2 Å². The molecule has 0 amide bonds. The van der Waals surface area contributed by atoms with Crippen molar-refractivity contribution in [1.82, 2.24) is 0 Å². The van der Waals surface area contributed by atoms with Gasteiger partial charge in [-0.1, -0.05) is 6.07 Å². The number of benzene rings is 2. The third-order valence-corrected chi connectivity index (χ3v) is 3.81. The van der Waals surface area contributed by atoms with Crippen LogP contribution < -0.4 is 14.8 Å². The van der Waals surface area contributed by atoms with Crippen LogP contribution in [0, 0.1) is 12.7 Å². The maximum atomic E-state index is 13.2. The molecule has 0 radical (unpaired) electrons. The zero-order chi connectivity index (χ0) is 15.4. The van der Waals surface area contributed by atoms with E-state index in [0.717, 1.165) is 16.8 Å². The average Bonchev–Trinajstić information content (AvgIpc) is 2.49. The fourth-order valence-electron chi connectivity index (χ4n) is 2.02. The van der Waals surface area contributed by atoms with E-state index in [9.17, 15) is 4.39 Å². The summed E-state index contributed by atoms with van der Waals surface area (Å²) in [5.41, 5.74) is 2.99. The number of aryl methyl sites for hydroxylation is 1. The minimum Gasteiger partial charge on any atom is -0.493 e. The molecule has 3 nitrogen and oxygen atoms in total. The second-order valence-corrected chi connectivity index (χ2v) is 5.48. The van der Waals surface area contributed by atoms with Gasteiger partial charge in [0, 0.05) is 18.3 Å². The number of hydrogen-bond acceptors (Lipinski definition) is 3. The Hall–Kier alpha value is -1.75. The predicted octanol–water partition coefficient (Wildman–Crippen LogP) is 4.53. The Kier molecular flexibility index (Phi) is 5.07. The van der Waals surface area contributed by atoms with E-state index in [1.807, 2.05) is 19.1 Å². The first kappa shape index (κ1) is 15.6. The van der Waals surface area contributed by atoms with Crippen LogP contribution in [0.15, 0.2) is 34.8 Å². The zero-order valence-corrected chi connectivity index (χ0v) is 13.8. The molecule has 0 bridgehead atoms. The van der Waals surface area contributed by atoms with E-state index >= 15 is 0 Å². The van der Waals surface area contributed by atoms with E-state index in [1.165, 1.54) is 6.07 Å². The Labute approximate surface area is 132 Å². The maximum Gasteiger partial charge on any atom is 0.162 e. The molecule has 0 aliphatic carbocycles. The lowest BCUT2D eigenvalue weighted by Gasteiger charge is -2.14. The molecule has 112 valence electrons. The van der Waals surface area contributed by atoms with Crippen LogP contribution in [0.5, 0.6) is 11.5 Å². The second-order valence-electron chi connectivity index (χ2n) is 4.62. The lowest BCUT2D eigenvalue weighted by Crippen LogP contribution is -2.02. The van der Waals surface area contributed by atoms with Crippen molar-refractivity contribution in [2.75, 3.05) is 19.5 Å². The monoisotopic (exact) mass is 353 g/mol. The molecule has 1 N–H and O–H groups in total. The summed E-state index contributed by atoms with van der Waals surface area (Å²) < 4.78 is 24.2. The van der Waals surface area contributed by atoms with Gasteiger partial charge >= 0.3 is 0 Å². The number of ether oxygens (including phenoxy) is 2.